The molecule has 0 bridgehead atoms. The molecule has 104 valence electrons. The number of carboxylic acid groups (broad SMARTS) is 1. The van der Waals surface area contributed by atoms with E-state index < -0.39 is 11.9 Å². The van der Waals surface area contributed by atoms with Crippen molar-refractivity contribution in [3.8, 4) is 0 Å². The van der Waals surface area contributed by atoms with Gasteiger partial charge in [-0.2, -0.15) is 5.10 Å². The number of aliphatic carboxylic acids is 1. The fourth-order valence-corrected chi connectivity index (χ4v) is 2.61. The number of rotatable bonds is 3. The minimum absolute atomic E-state index is 0.0986. The molecule has 1 amide bonds. The van der Waals surface area contributed by atoms with Crippen LogP contribution in [0.5, 0.6) is 0 Å². The second kappa shape index (κ2) is 5.42. The molecular formula is C13H19N3O3. The highest BCUT2D eigenvalue weighted by atomic mass is 16.4. The van der Waals surface area contributed by atoms with Gasteiger partial charge < -0.3 is 10.4 Å². The molecule has 0 radical (unpaired) electrons. The first-order chi connectivity index (χ1) is 8.99. The van der Waals surface area contributed by atoms with Crippen molar-refractivity contribution in [1.82, 2.24) is 10.2 Å². The molecule has 0 saturated heterocycles. The smallest absolute Gasteiger partial charge is 0.306 e. The number of carbonyl (C=O) groups excluding carboxylic acids is 1. The Hall–Kier alpha value is -1.85. The number of amides is 1. The average Bonchev–Trinajstić information content (AvgIpc) is 2.70. The van der Waals surface area contributed by atoms with Gasteiger partial charge in [-0.25, -0.2) is 0 Å². The molecule has 1 aliphatic carbocycles. The van der Waals surface area contributed by atoms with Gasteiger partial charge in [0, 0.05) is 5.92 Å². The number of nitrogens with one attached hydrogen (secondary N) is 2. The molecule has 2 unspecified atom stereocenters. The predicted molar refractivity (Wildman–Crippen MR) is 69.8 cm³/mol. The molecule has 1 aromatic heterocycles. The van der Waals surface area contributed by atoms with Crippen molar-refractivity contribution in [2.45, 2.75) is 39.5 Å². The number of carbonyl (C=O) groups is 2. The number of aromatic amines is 1. The third-order valence-corrected chi connectivity index (χ3v) is 3.77. The lowest BCUT2D eigenvalue weighted by molar-refractivity contribution is -0.143. The van der Waals surface area contributed by atoms with E-state index in [4.69, 9.17) is 5.11 Å². The van der Waals surface area contributed by atoms with E-state index in [9.17, 15) is 9.59 Å². The number of hydrogen-bond acceptors (Lipinski definition) is 3. The predicted octanol–water partition coefficient (Wildman–Crippen LogP) is 1.86. The summed E-state index contributed by atoms with van der Waals surface area (Å²) in [7, 11) is 0. The molecule has 0 spiro atoms. The summed E-state index contributed by atoms with van der Waals surface area (Å²) in [6.07, 6.45) is 2.64. The van der Waals surface area contributed by atoms with Crippen molar-refractivity contribution in [3.05, 3.63) is 11.4 Å². The second-order valence-electron chi connectivity index (χ2n) is 5.20. The third-order valence-electron chi connectivity index (χ3n) is 3.77. The minimum Gasteiger partial charge on any atom is -0.481 e. The average molecular weight is 265 g/mol. The summed E-state index contributed by atoms with van der Waals surface area (Å²) in [5.41, 5.74) is 2.27. The van der Waals surface area contributed by atoms with Gasteiger partial charge in [-0.1, -0.05) is 6.42 Å². The quantitative estimate of drug-likeness (QED) is 0.777. The number of anilines is 1. The molecule has 2 atom stereocenters. The van der Waals surface area contributed by atoms with Crippen molar-refractivity contribution in [2.75, 3.05) is 5.32 Å². The molecule has 1 heterocycles. The Labute approximate surface area is 111 Å². The van der Waals surface area contributed by atoms with Crippen molar-refractivity contribution in [2.24, 2.45) is 11.8 Å². The lowest BCUT2D eigenvalue weighted by Gasteiger charge is -2.25. The Morgan fingerprint density at radius 2 is 2.00 bits per heavy atom. The van der Waals surface area contributed by atoms with Crippen LogP contribution < -0.4 is 5.32 Å². The highest BCUT2D eigenvalue weighted by molar-refractivity contribution is 5.94. The molecule has 6 heteroatoms. The number of H-pyrrole nitrogens is 1. The van der Waals surface area contributed by atoms with Crippen molar-refractivity contribution < 1.29 is 14.7 Å². The highest BCUT2D eigenvalue weighted by Crippen LogP contribution is 2.30. The van der Waals surface area contributed by atoms with Gasteiger partial charge in [0.2, 0.25) is 5.91 Å². The number of nitrogens with zero attached hydrogens (tertiary/aromatic N) is 1. The summed E-state index contributed by atoms with van der Waals surface area (Å²) in [6, 6.07) is 0. The van der Waals surface area contributed by atoms with Gasteiger partial charge in [0.1, 0.15) is 0 Å². The lowest BCUT2D eigenvalue weighted by Crippen LogP contribution is -2.31. The lowest BCUT2D eigenvalue weighted by atomic mass is 9.81. The zero-order chi connectivity index (χ0) is 14.0. The van der Waals surface area contributed by atoms with Gasteiger partial charge in [0.25, 0.3) is 0 Å². The molecule has 19 heavy (non-hydrogen) atoms. The number of aromatic nitrogens is 2. The van der Waals surface area contributed by atoms with Crippen LogP contribution in [0.25, 0.3) is 0 Å². The van der Waals surface area contributed by atoms with E-state index in [2.05, 4.69) is 15.5 Å². The Bertz CT molecular complexity index is 476. The van der Waals surface area contributed by atoms with Crippen LogP contribution in [0.2, 0.25) is 0 Å². The van der Waals surface area contributed by atoms with E-state index in [0.29, 0.717) is 18.5 Å². The summed E-state index contributed by atoms with van der Waals surface area (Å²) in [4.78, 5) is 23.2. The van der Waals surface area contributed by atoms with Crippen LogP contribution in [0.1, 0.15) is 37.1 Å². The minimum atomic E-state index is -0.798. The maximum atomic E-state index is 12.2. The Balaban J connectivity index is 2.02. The van der Waals surface area contributed by atoms with Gasteiger partial charge in [0.15, 0.2) is 0 Å². The van der Waals surface area contributed by atoms with Crippen LogP contribution in [-0.2, 0) is 9.59 Å². The molecule has 1 aromatic rings. The van der Waals surface area contributed by atoms with Crippen LogP contribution in [0, 0.1) is 25.7 Å². The first kappa shape index (κ1) is 13.6. The van der Waals surface area contributed by atoms with Crippen LogP contribution >= 0.6 is 0 Å². The highest BCUT2D eigenvalue weighted by Gasteiger charge is 2.31. The Morgan fingerprint density at radius 3 is 2.58 bits per heavy atom. The number of aryl methyl sites for hydroxylation is 2. The first-order valence-electron chi connectivity index (χ1n) is 6.54. The van der Waals surface area contributed by atoms with Crippen LogP contribution in [0.15, 0.2) is 0 Å². The van der Waals surface area contributed by atoms with Gasteiger partial charge in [0.05, 0.1) is 23.0 Å². The maximum Gasteiger partial charge on any atom is 0.306 e. The molecule has 1 fully saturated rings. The maximum absolute atomic E-state index is 12.2. The van der Waals surface area contributed by atoms with E-state index in [0.717, 1.165) is 24.2 Å². The molecule has 2 rings (SSSR count). The van der Waals surface area contributed by atoms with E-state index in [1.54, 1.807) is 0 Å². The van der Waals surface area contributed by atoms with Gasteiger partial charge >= 0.3 is 5.97 Å². The summed E-state index contributed by atoms with van der Waals surface area (Å²) < 4.78 is 0. The SMILES string of the molecule is Cc1n[nH]c(C)c1NC(=O)C1CCCC(C(=O)O)C1. The van der Waals surface area contributed by atoms with E-state index >= 15 is 0 Å². The number of hydrogen-bond donors (Lipinski definition) is 3. The molecule has 3 N–H and O–H groups in total. The molecule has 0 aliphatic heterocycles. The van der Waals surface area contributed by atoms with E-state index in [1.807, 2.05) is 13.8 Å². The van der Waals surface area contributed by atoms with E-state index in [-0.39, 0.29) is 11.8 Å². The fourth-order valence-electron chi connectivity index (χ4n) is 2.61. The zero-order valence-corrected chi connectivity index (χ0v) is 11.2. The summed E-state index contributed by atoms with van der Waals surface area (Å²) in [6.45, 7) is 3.66. The van der Waals surface area contributed by atoms with Crippen LogP contribution in [0.4, 0.5) is 5.69 Å². The Morgan fingerprint density at radius 1 is 1.32 bits per heavy atom. The van der Waals surface area contributed by atoms with Gasteiger partial charge in [-0.05, 0) is 33.1 Å². The number of carboxylic acids is 1. The normalized spacial score (nSPS) is 23.1. The summed E-state index contributed by atoms with van der Waals surface area (Å²) in [5, 5.41) is 18.7. The molecule has 0 aromatic carbocycles. The second-order valence-corrected chi connectivity index (χ2v) is 5.20. The monoisotopic (exact) mass is 265 g/mol. The van der Waals surface area contributed by atoms with E-state index in [1.165, 1.54) is 0 Å². The molecule has 6 nitrogen and oxygen atoms in total. The summed E-state index contributed by atoms with van der Waals surface area (Å²) >= 11 is 0. The zero-order valence-electron chi connectivity index (χ0n) is 11.2. The third kappa shape index (κ3) is 2.94. The van der Waals surface area contributed by atoms with Crippen molar-refractivity contribution in [3.63, 3.8) is 0 Å². The first-order valence-corrected chi connectivity index (χ1v) is 6.54. The van der Waals surface area contributed by atoms with Gasteiger partial charge in [-0.15, -0.1) is 0 Å². The van der Waals surface area contributed by atoms with Crippen molar-refractivity contribution >= 4 is 17.6 Å². The molecule has 1 aliphatic rings. The fraction of sp³-hybridized carbons (Fsp3) is 0.615. The van der Waals surface area contributed by atoms with Crippen molar-refractivity contribution in [1.29, 1.82) is 0 Å². The van der Waals surface area contributed by atoms with Gasteiger partial charge in [-0.3, -0.25) is 14.7 Å². The van der Waals surface area contributed by atoms with Crippen LogP contribution in [-0.4, -0.2) is 27.2 Å². The molecular weight excluding hydrogens is 246 g/mol. The standard InChI is InChI=1S/C13H19N3O3/c1-7-11(8(2)16-15-7)14-12(17)9-4-3-5-10(6-9)13(18)19/h9-10H,3-6H2,1-2H3,(H,14,17)(H,15,16)(H,18,19). The topological polar surface area (TPSA) is 95.1 Å². The Kier molecular flexibility index (Phi) is 3.87. The van der Waals surface area contributed by atoms with Crippen LogP contribution in [0.3, 0.4) is 0 Å². The molecule has 1 saturated carbocycles. The largest absolute Gasteiger partial charge is 0.481 e. The summed E-state index contributed by atoms with van der Waals surface area (Å²) in [5.74, 6) is -1.51.